The van der Waals surface area contributed by atoms with Crippen molar-refractivity contribution in [2.24, 2.45) is 0 Å². The van der Waals surface area contributed by atoms with Crippen molar-refractivity contribution in [1.29, 1.82) is 0 Å². The average molecular weight is 421 g/mol. The Kier molecular flexibility index (Phi) is 5.94. The third-order valence-electron chi connectivity index (χ3n) is 4.57. The molecule has 2 heterocycles. The van der Waals surface area contributed by atoms with E-state index < -0.39 is 27.9 Å². The van der Waals surface area contributed by atoms with Crippen LogP contribution in [0.2, 0.25) is 0 Å². The number of nitrogens with zero attached hydrogens (tertiary/aromatic N) is 1. The number of amides is 2. The summed E-state index contributed by atoms with van der Waals surface area (Å²) in [6, 6.07) is 8.18. The zero-order valence-corrected chi connectivity index (χ0v) is 17.0. The maximum absolute atomic E-state index is 12.2. The second kappa shape index (κ2) is 8.26. The van der Waals surface area contributed by atoms with Crippen LogP contribution in [0.25, 0.3) is 0 Å². The molecule has 3 rings (SSSR count). The van der Waals surface area contributed by atoms with Crippen molar-refractivity contribution >= 4 is 33.2 Å². The number of aryl methyl sites for hydroxylation is 2. The van der Waals surface area contributed by atoms with Gasteiger partial charge in [0.2, 0.25) is 10.0 Å². The van der Waals surface area contributed by atoms with E-state index in [1.165, 1.54) is 4.31 Å². The van der Waals surface area contributed by atoms with Crippen molar-refractivity contribution in [1.82, 2.24) is 5.32 Å². The van der Waals surface area contributed by atoms with Crippen molar-refractivity contribution in [2.45, 2.75) is 25.9 Å². The van der Waals surface area contributed by atoms with Crippen LogP contribution in [0.3, 0.4) is 0 Å². The molecule has 0 saturated heterocycles. The Morgan fingerprint density at radius 1 is 1.24 bits per heavy atom. The lowest BCUT2D eigenvalue weighted by atomic mass is 10.0. The van der Waals surface area contributed by atoms with Crippen LogP contribution in [0, 0.1) is 6.92 Å². The van der Waals surface area contributed by atoms with Crippen molar-refractivity contribution in [3.8, 4) is 0 Å². The van der Waals surface area contributed by atoms with Gasteiger partial charge in [0.25, 0.3) is 0 Å². The Balaban J connectivity index is 1.64. The lowest BCUT2D eigenvalue weighted by Gasteiger charge is -2.29. The Morgan fingerprint density at radius 2 is 2.00 bits per heavy atom. The molecule has 0 saturated carbocycles. The van der Waals surface area contributed by atoms with E-state index in [0.717, 1.165) is 18.2 Å². The number of carbonyl (C=O) groups excluding carboxylic acids is 2. The maximum atomic E-state index is 12.2. The highest BCUT2D eigenvalue weighted by molar-refractivity contribution is 7.92. The molecule has 3 N–H and O–H groups in total. The number of hydrogen-bond acceptors (Lipinski definition) is 6. The molecule has 2 aromatic rings. The summed E-state index contributed by atoms with van der Waals surface area (Å²) in [5, 5.41) is 14.8. The second-order valence-electron chi connectivity index (χ2n) is 6.91. The predicted molar refractivity (Wildman–Crippen MR) is 107 cm³/mol. The Bertz CT molecular complexity index is 1030. The summed E-state index contributed by atoms with van der Waals surface area (Å²) < 4.78 is 30.6. The van der Waals surface area contributed by atoms with Crippen LogP contribution in [0.4, 0.5) is 11.4 Å². The van der Waals surface area contributed by atoms with Crippen LogP contribution >= 0.6 is 0 Å². The number of sulfonamides is 1. The number of hydrogen-bond donors (Lipinski definition) is 3. The largest absolute Gasteiger partial charge is 0.464 e. The number of rotatable bonds is 5. The van der Waals surface area contributed by atoms with Crippen molar-refractivity contribution in [3.63, 3.8) is 0 Å². The number of carbonyl (C=O) groups is 2. The fourth-order valence-corrected chi connectivity index (χ4v) is 4.14. The van der Waals surface area contributed by atoms with Crippen LogP contribution in [0.5, 0.6) is 0 Å². The molecule has 1 aromatic carbocycles. The molecule has 0 aliphatic carbocycles. The molecule has 29 heavy (non-hydrogen) atoms. The monoisotopic (exact) mass is 421 g/mol. The lowest BCUT2D eigenvalue weighted by molar-refractivity contribution is -0.136. The highest BCUT2D eigenvalue weighted by Crippen LogP contribution is 2.31. The number of anilines is 2. The molecule has 1 aliphatic heterocycles. The molecular weight excluding hydrogens is 398 g/mol. The normalized spacial score (nSPS) is 14.8. The van der Waals surface area contributed by atoms with E-state index in [0.29, 0.717) is 35.9 Å². The molecule has 10 heteroatoms. The number of aliphatic hydroxyl groups excluding tert-OH is 1. The minimum absolute atomic E-state index is 0.189. The van der Waals surface area contributed by atoms with Gasteiger partial charge in [-0.1, -0.05) is 6.07 Å². The van der Waals surface area contributed by atoms with Gasteiger partial charge in [-0.2, -0.15) is 0 Å². The summed E-state index contributed by atoms with van der Waals surface area (Å²) in [6.45, 7) is 1.91. The van der Waals surface area contributed by atoms with Gasteiger partial charge in [0.15, 0.2) is 0 Å². The summed E-state index contributed by atoms with van der Waals surface area (Å²) in [7, 11) is -3.44. The van der Waals surface area contributed by atoms with Crippen molar-refractivity contribution in [3.05, 3.63) is 47.4 Å². The number of nitrogens with one attached hydrogen (secondary N) is 2. The Labute approximate surface area is 168 Å². The first-order valence-corrected chi connectivity index (χ1v) is 10.9. The van der Waals surface area contributed by atoms with E-state index in [2.05, 4.69) is 10.6 Å². The smallest absolute Gasteiger partial charge is 0.313 e. The van der Waals surface area contributed by atoms with E-state index in [-0.39, 0.29) is 6.54 Å². The van der Waals surface area contributed by atoms with Crippen LogP contribution in [0.15, 0.2) is 34.7 Å². The third kappa shape index (κ3) is 4.96. The minimum Gasteiger partial charge on any atom is -0.464 e. The maximum Gasteiger partial charge on any atom is 0.313 e. The number of furan rings is 1. The zero-order valence-electron chi connectivity index (χ0n) is 16.1. The Morgan fingerprint density at radius 3 is 2.66 bits per heavy atom. The molecule has 2 amide bonds. The summed E-state index contributed by atoms with van der Waals surface area (Å²) >= 11 is 0. The summed E-state index contributed by atoms with van der Waals surface area (Å²) in [5.74, 6) is -0.933. The highest BCUT2D eigenvalue weighted by Gasteiger charge is 2.25. The SMILES string of the molecule is Cc1ccc([C@H](O)CNC(=O)C(=O)Nc2ccc3c(c2)N(S(C)(=O)=O)CCC3)o1. The molecule has 1 atom stereocenters. The van der Waals surface area contributed by atoms with Gasteiger partial charge in [-0.15, -0.1) is 0 Å². The number of fused-ring (bicyclic) bond motifs is 1. The van der Waals surface area contributed by atoms with E-state index in [1.807, 2.05) is 0 Å². The molecule has 0 bridgehead atoms. The van der Waals surface area contributed by atoms with Crippen LogP contribution < -0.4 is 14.9 Å². The predicted octanol–water partition coefficient (Wildman–Crippen LogP) is 1.09. The zero-order chi connectivity index (χ0) is 21.2. The molecule has 0 fully saturated rings. The minimum atomic E-state index is -3.44. The van der Waals surface area contributed by atoms with Gasteiger partial charge in [0, 0.05) is 12.2 Å². The topological polar surface area (TPSA) is 129 Å². The molecular formula is C19H23N3O6S. The third-order valence-corrected chi connectivity index (χ3v) is 5.75. The van der Waals surface area contributed by atoms with Gasteiger partial charge in [-0.05, 0) is 49.6 Å². The van der Waals surface area contributed by atoms with Gasteiger partial charge < -0.3 is 20.2 Å². The first-order valence-electron chi connectivity index (χ1n) is 9.09. The second-order valence-corrected chi connectivity index (χ2v) is 8.82. The molecule has 1 aromatic heterocycles. The van der Waals surface area contributed by atoms with Crippen LogP contribution in [-0.4, -0.2) is 44.7 Å². The van der Waals surface area contributed by atoms with Crippen LogP contribution in [0.1, 0.15) is 29.6 Å². The molecule has 0 radical (unpaired) electrons. The van der Waals surface area contributed by atoms with Gasteiger partial charge in [-0.25, -0.2) is 8.42 Å². The fraction of sp³-hybridized carbons (Fsp3) is 0.368. The summed E-state index contributed by atoms with van der Waals surface area (Å²) in [6.07, 6.45) is 1.51. The van der Waals surface area contributed by atoms with E-state index in [1.54, 1.807) is 37.3 Å². The average Bonchev–Trinajstić information content (AvgIpc) is 3.10. The summed E-state index contributed by atoms with van der Waals surface area (Å²) in [5.41, 5.74) is 1.67. The first-order chi connectivity index (χ1) is 13.6. The van der Waals surface area contributed by atoms with Gasteiger partial charge in [-0.3, -0.25) is 13.9 Å². The van der Waals surface area contributed by atoms with E-state index in [9.17, 15) is 23.1 Å². The van der Waals surface area contributed by atoms with Crippen molar-refractivity contribution in [2.75, 3.05) is 29.0 Å². The quantitative estimate of drug-likeness (QED) is 0.620. The lowest BCUT2D eigenvalue weighted by Crippen LogP contribution is -2.38. The molecule has 0 unspecified atom stereocenters. The molecule has 1 aliphatic rings. The standard InChI is InChI=1S/C19H23N3O6S/c1-12-5-8-17(28-12)16(23)11-20-18(24)19(25)21-14-7-6-13-4-3-9-22(15(13)10-14)29(2,26)27/h5-8,10,16,23H,3-4,9,11H2,1-2H3,(H,20,24)(H,21,25)/t16-/m1/s1. The molecule has 0 spiro atoms. The van der Waals surface area contributed by atoms with E-state index in [4.69, 9.17) is 4.42 Å². The number of benzene rings is 1. The summed E-state index contributed by atoms with van der Waals surface area (Å²) in [4.78, 5) is 24.2. The van der Waals surface area contributed by atoms with Crippen LogP contribution in [-0.2, 0) is 26.0 Å². The van der Waals surface area contributed by atoms with Gasteiger partial charge in [0.1, 0.15) is 17.6 Å². The van der Waals surface area contributed by atoms with E-state index >= 15 is 0 Å². The van der Waals surface area contributed by atoms with Crippen molar-refractivity contribution < 1.29 is 27.5 Å². The highest BCUT2D eigenvalue weighted by atomic mass is 32.2. The number of aliphatic hydroxyl groups is 1. The first kappa shape index (κ1) is 20.9. The molecule has 156 valence electrons. The molecule has 9 nitrogen and oxygen atoms in total. The van der Waals surface area contributed by atoms with Gasteiger partial charge >= 0.3 is 11.8 Å². The fourth-order valence-electron chi connectivity index (χ4n) is 3.15. The van der Waals surface area contributed by atoms with Gasteiger partial charge in [0.05, 0.1) is 18.5 Å². The Hall–Kier alpha value is -2.85.